The second-order valence-electron chi connectivity index (χ2n) is 5.99. The molecule has 1 aromatic rings. The van der Waals surface area contributed by atoms with E-state index in [-0.39, 0.29) is 23.2 Å². The van der Waals surface area contributed by atoms with E-state index in [9.17, 15) is 14.4 Å². The summed E-state index contributed by atoms with van der Waals surface area (Å²) in [6, 6.07) is 1.46. The zero-order valence-corrected chi connectivity index (χ0v) is 11.5. The molecule has 1 fully saturated rings. The zero-order chi connectivity index (χ0) is 14.3. The van der Waals surface area contributed by atoms with Crippen LogP contribution in [0.5, 0.6) is 0 Å². The first-order valence-electron chi connectivity index (χ1n) is 7.12. The highest BCUT2D eigenvalue weighted by Crippen LogP contribution is 2.27. The standard InChI is InChI=1S/C15H18N2O3/c1-8-4-12-10(13(18)5-8)6-11(15(20)17-12)14(19)16-7-9-2-3-9/h6,8-9H,2-5,7H2,1H3,(H,16,19)(H,17,20)/t8-/m1/s1. The Hall–Kier alpha value is -1.91. The summed E-state index contributed by atoms with van der Waals surface area (Å²) in [6.07, 6.45) is 3.43. The van der Waals surface area contributed by atoms with Crippen molar-refractivity contribution in [1.29, 1.82) is 0 Å². The fraction of sp³-hybridized carbons (Fsp3) is 0.533. The van der Waals surface area contributed by atoms with Crippen molar-refractivity contribution < 1.29 is 9.59 Å². The van der Waals surface area contributed by atoms with Crippen LogP contribution < -0.4 is 10.9 Å². The molecule has 0 aromatic carbocycles. The van der Waals surface area contributed by atoms with Crippen molar-refractivity contribution >= 4 is 11.7 Å². The minimum atomic E-state index is -0.404. The Morgan fingerprint density at radius 3 is 2.80 bits per heavy atom. The number of amides is 1. The number of fused-ring (bicyclic) bond motifs is 1. The van der Waals surface area contributed by atoms with E-state index in [0.29, 0.717) is 36.6 Å². The minimum Gasteiger partial charge on any atom is -0.352 e. The molecule has 0 radical (unpaired) electrons. The highest BCUT2D eigenvalue weighted by molar-refractivity contribution is 6.01. The molecule has 106 valence electrons. The van der Waals surface area contributed by atoms with Gasteiger partial charge in [-0.1, -0.05) is 6.92 Å². The zero-order valence-electron chi connectivity index (χ0n) is 11.5. The second kappa shape index (κ2) is 4.89. The van der Waals surface area contributed by atoms with E-state index in [1.54, 1.807) is 0 Å². The normalized spacial score (nSPS) is 21.4. The van der Waals surface area contributed by atoms with Gasteiger partial charge in [0.1, 0.15) is 5.56 Å². The topological polar surface area (TPSA) is 79.0 Å². The maximum atomic E-state index is 12.0. The van der Waals surface area contributed by atoms with Crippen molar-refractivity contribution in [3.8, 4) is 0 Å². The number of aromatic nitrogens is 1. The molecule has 2 aliphatic carbocycles. The number of aromatic amines is 1. The number of ketones is 1. The quantitative estimate of drug-likeness (QED) is 0.871. The molecule has 3 rings (SSSR count). The van der Waals surface area contributed by atoms with Gasteiger partial charge in [-0.3, -0.25) is 14.4 Å². The van der Waals surface area contributed by atoms with E-state index in [1.807, 2.05) is 6.92 Å². The van der Waals surface area contributed by atoms with Gasteiger partial charge in [0.15, 0.2) is 5.78 Å². The minimum absolute atomic E-state index is 0.00578. The lowest BCUT2D eigenvalue weighted by atomic mass is 9.86. The summed E-state index contributed by atoms with van der Waals surface area (Å²) < 4.78 is 0. The average molecular weight is 274 g/mol. The number of Topliss-reactive ketones (excluding diaryl/α,β-unsaturated/α-hetero) is 1. The van der Waals surface area contributed by atoms with Gasteiger partial charge >= 0.3 is 0 Å². The monoisotopic (exact) mass is 274 g/mol. The summed E-state index contributed by atoms with van der Waals surface area (Å²) in [4.78, 5) is 38.7. The van der Waals surface area contributed by atoms with Crippen molar-refractivity contribution in [3.05, 3.63) is 33.2 Å². The number of carbonyl (C=O) groups is 2. The van der Waals surface area contributed by atoms with Crippen LogP contribution in [0.4, 0.5) is 0 Å². The van der Waals surface area contributed by atoms with Crippen LogP contribution in [-0.2, 0) is 6.42 Å². The van der Waals surface area contributed by atoms with Gasteiger partial charge in [-0.2, -0.15) is 0 Å². The van der Waals surface area contributed by atoms with E-state index >= 15 is 0 Å². The van der Waals surface area contributed by atoms with Crippen molar-refractivity contribution in [2.45, 2.75) is 32.6 Å². The summed E-state index contributed by atoms with van der Waals surface area (Å²) >= 11 is 0. The smallest absolute Gasteiger partial charge is 0.261 e. The predicted molar refractivity (Wildman–Crippen MR) is 73.9 cm³/mol. The van der Waals surface area contributed by atoms with Gasteiger partial charge in [-0.25, -0.2) is 0 Å². The summed E-state index contributed by atoms with van der Waals surface area (Å²) in [6.45, 7) is 2.59. The van der Waals surface area contributed by atoms with Gasteiger partial charge in [-0.05, 0) is 37.2 Å². The molecule has 1 atom stereocenters. The van der Waals surface area contributed by atoms with Crippen molar-refractivity contribution in [3.63, 3.8) is 0 Å². The highest BCUT2D eigenvalue weighted by Gasteiger charge is 2.26. The Balaban J connectivity index is 1.88. The van der Waals surface area contributed by atoms with Crippen LogP contribution in [0.15, 0.2) is 10.9 Å². The predicted octanol–water partition coefficient (Wildman–Crippen LogP) is 1.28. The lowest BCUT2D eigenvalue weighted by molar-refractivity contribution is 0.0950. The van der Waals surface area contributed by atoms with Gasteiger partial charge in [0.05, 0.1) is 0 Å². The van der Waals surface area contributed by atoms with Crippen LogP contribution in [0.2, 0.25) is 0 Å². The summed E-state index contributed by atoms with van der Waals surface area (Å²) in [5.41, 5.74) is 0.808. The Morgan fingerprint density at radius 2 is 2.10 bits per heavy atom. The molecule has 1 saturated carbocycles. The molecule has 2 N–H and O–H groups in total. The molecule has 5 nitrogen and oxygen atoms in total. The number of hydrogen-bond acceptors (Lipinski definition) is 3. The van der Waals surface area contributed by atoms with Crippen LogP contribution in [0.25, 0.3) is 0 Å². The van der Waals surface area contributed by atoms with Crippen LogP contribution in [0.1, 0.15) is 52.6 Å². The molecule has 0 aliphatic heterocycles. The number of nitrogens with one attached hydrogen (secondary N) is 2. The fourth-order valence-corrected chi connectivity index (χ4v) is 2.65. The van der Waals surface area contributed by atoms with E-state index in [1.165, 1.54) is 6.07 Å². The van der Waals surface area contributed by atoms with E-state index in [0.717, 1.165) is 12.8 Å². The fourth-order valence-electron chi connectivity index (χ4n) is 2.65. The van der Waals surface area contributed by atoms with Crippen LogP contribution >= 0.6 is 0 Å². The average Bonchev–Trinajstić information content (AvgIpc) is 3.18. The lowest BCUT2D eigenvalue weighted by Gasteiger charge is -2.20. The maximum Gasteiger partial charge on any atom is 0.261 e. The van der Waals surface area contributed by atoms with Crippen molar-refractivity contribution in [2.75, 3.05) is 6.54 Å². The first kappa shape index (κ1) is 13.1. The number of H-pyrrole nitrogens is 1. The largest absolute Gasteiger partial charge is 0.352 e. The van der Waals surface area contributed by atoms with E-state index in [2.05, 4.69) is 10.3 Å². The molecule has 0 bridgehead atoms. The molecular weight excluding hydrogens is 256 g/mol. The van der Waals surface area contributed by atoms with Crippen molar-refractivity contribution in [2.24, 2.45) is 11.8 Å². The first-order valence-corrected chi connectivity index (χ1v) is 7.12. The van der Waals surface area contributed by atoms with Crippen molar-refractivity contribution in [1.82, 2.24) is 10.3 Å². The molecule has 0 unspecified atom stereocenters. The molecule has 1 amide bonds. The molecule has 0 spiro atoms. The third kappa shape index (κ3) is 2.53. The summed E-state index contributed by atoms with van der Waals surface area (Å²) in [7, 11) is 0. The van der Waals surface area contributed by atoms with Crippen LogP contribution in [0.3, 0.4) is 0 Å². The Morgan fingerprint density at radius 1 is 1.35 bits per heavy atom. The molecule has 0 saturated heterocycles. The van der Waals surface area contributed by atoms with Gasteiger partial charge in [-0.15, -0.1) is 0 Å². The van der Waals surface area contributed by atoms with Crippen LogP contribution in [-0.4, -0.2) is 23.2 Å². The lowest BCUT2D eigenvalue weighted by Crippen LogP contribution is -2.33. The van der Waals surface area contributed by atoms with Gasteiger partial charge in [0.2, 0.25) is 0 Å². The maximum absolute atomic E-state index is 12.0. The Bertz CT molecular complexity index is 628. The number of carbonyl (C=O) groups excluding carboxylic acids is 2. The number of rotatable bonds is 3. The summed E-state index contributed by atoms with van der Waals surface area (Å²) in [5, 5.41) is 2.76. The molecular formula is C15H18N2O3. The second-order valence-corrected chi connectivity index (χ2v) is 5.99. The molecule has 1 aromatic heterocycles. The van der Waals surface area contributed by atoms with Gasteiger partial charge in [0, 0.05) is 24.2 Å². The molecule has 20 heavy (non-hydrogen) atoms. The molecule has 2 aliphatic rings. The third-order valence-electron chi connectivity index (χ3n) is 4.00. The van der Waals surface area contributed by atoms with E-state index < -0.39 is 5.56 Å². The van der Waals surface area contributed by atoms with E-state index in [4.69, 9.17) is 0 Å². The Labute approximate surface area is 116 Å². The first-order chi connectivity index (χ1) is 9.54. The van der Waals surface area contributed by atoms with Crippen LogP contribution in [0, 0.1) is 11.8 Å². The molecule has 5 heteroatoms. The Kier molecular flexibility index (Phi) is 3.20. The van der Waals surface area contributed by atoms with Gasteiger partial charge < -0.3 is 10.3 Å². The number of pyridine rings is 1. The third-order valence-corrected chi connectivity index (χ3v) is 4.00. The molecule has 1 heterocycles. The SMILES string of the molecule is C[C@H]1CC(=O)c2cc(C(=O)NCC3CC3)c(=O)[nH]c2C1. The summed E-state index contributed by atoms with van der Waals surface area (Å²) in [5.74, 6) is 0.414. The van der Waals surface area contributed by atoms with Gasteiger partial charge in [0.25, 0.3) is 11.5 Å². The highest BCUT2D eigenvalue weighted by atomic mass is 16.2. The number of hydrogen-bond donors (Lipinski definition) is 2.